The molecule has 6 nitrogen and oxygen atoms in total. The van der Waals surface area contributed by atoms with E-state index in [1.165, 1.54) is 22.9 Å². The number of nitrogens with zero attached hydrogens (tertiary/aromatic N) is 1. The first kappa shape index (κ1) is 18.4. The van der Waals surface area contributed by atoms with Crippen LogP contribution in [0.15, 0.2) is 29.2 Å². The van der Waals surface area contributed by atoms with Crippen LogP contribution < -0.4 is 5.32 Å². The number of morpholine rings is 1. The molecule has 1 saturated heterocycles. The molecular formula is C18H26N2O4S. The van der Waals surface area contributed by atoms with Gasteiger partial charge < -0.3 is 10.1 Å². The van der Waals surface area contributed by atoms with Crippen molar-refractivity contribution >= 4 is 15.9 Å². The highest BCUT2D eigenvalue weighted by atomic mass is 32.2. The second-order valence-electron chi connectivity index (χ2n) is 6.88. The summed E-state index contributed by atoms with van der Waals surface area (Å²) in [6, 6.07) is 6.43. The summed E-state index contributed by atoms with van der Waals surface area (Å²) in [5.41, 5.74) is 0.499. The molecule has 1 aliphatic carbocycles. The molecule has 3 rings (SSSR count). The Morgan fingerprint density at radius 2 is 1.76 bits per heavy atom. The first-order valence-corrected chi connectivity index (χ1v) is 10.4. The summed E-state index contributed by atoms with van der Waals surface area (Å²) in [5, 5.41) is 3.09. The predicted octanol–water partition coefficient (Wildman–Crippen LogP) is 2.02. The quantitative estimate of drug-likeness (QED) is 0.884. The number of hydrogen-bond donors (Lipinski definition) is 1. The van der Waals surface area contributed by atoms with Crippen LogP contribution in [0.4, 0.5) is 0 Å². The molecule has 0 radical (unpaired) electrons. The van der Waals surface area contributed by atoms with Crippen molar-refractivity contribution in [3.8, 4) is 0 Å². The Morgan fingerprint density at radius 3 is 2.40 bits per heavy atom. The predicted molar refractivity (Wildman–Crippen MR) is 94.9 cm³/mol. The molecule has 0 unspecified atom stereocenters. The van der Waals surface area contributed by atoms with Crippen LogP contribution in [0.3, 0.4) is 0 Å². The Labute approximate surface area is 149 Å². The maximum atomic E-state index is 12.6. The van der Waals surface area contributed by atoms with Crippen molar-refractivity contribution in [2.45, 2.75) is 43.5 Å². The van der Waals surface area contributed by atoms with E-state index in [0.717, 1.165) is 19.3 Å². The van der Waals surface area contributed by atoms with Crippen molar-refractivity contribution in [2.75, 3.05) is 26.3 Å². The number of carbonyl (C=O) groups is 1. The fourth-order valence-electron chi connectivity index (χ4n) is 3.50. The van der Waals surface area contributed by atoms with Crippen LogP contribution in [0.5, 0.6) is 0 Å². The third-order valence-corrected chi connectivity index (χ3v) is 7.07. The van der Waals surface area contributed by atoms with Gasteiger partial charge in [0, 0.05) is 24.7 Å². The molecule has 1 aromatic rings. The second-order valence-corrected chi connectivity index (χ2v) is 8.82. The second kappa shape index (κ2) is 7.85. The number of carbonyl (C=O) groups excluding carboxylic acids is 1. The summed E-state index contributed by atoms with van der Waals surface area (Å²) in [7, 11) is -3.52. The van der Waals surface area contributed by atoms with Crippen molar-refractivity contribution in [2.24, 2.45) is 5.92 Å². The van der Waals surface area contributed by atoms with Gasteiger partial charge in [-0.1, -0.05) is 19.8 Å². The summed E-state index contributed by atoms with van der Waals surface area (Å²) < 4.78 is 31.8. The van der Waals surface area contributed by atoms with Gasteiger partial charge >= 0.3 is 0 Å². The smallest absolute Gasteiger partial charge is 0.251 e. The Kier molecular flexibility index (Phi) is 5.76. The molecule has 25 heavy (non-hydrogen) atoms. The Bertz CT molecular complexity index is 696. The third-order valence-electron chi connectivity index (χ3n) is 5.15. The molecule has 2 fully saturated rings. The van der Waals surface area contributed by atoms with E-state index in [0.29, 0.717) is 37.8 Å². The lowest BCUT2D eigenvalue weighted by Crippen LogP contribution is -2.41. The lowest BCUT2D eigenvalue weighted by Gasteiger charge is -2.29. The molecule has 1 amide bonds. The number of benzene rings is 1. The van der Waals surface area contributed by atoms with Gasteiger partial charge in [0.15, 0.2) is 0 Å². The van der Waals surface area contributed by atoms with E-state index in [4.69, 9.17) is 4.74 Å². The highest BCUT2D eigenvalue weighted by Crippen LogP contribution is 2.24. The van der Waals surface area contributed by atoms with Crippen LogP contribution in [0.1, 0.15) is 43.0 Å². The maximum Gasteiger partial charge on any atom is 0.251 e. The molecule has 0 bridgehead atoms. The molecule has 2 aliphatic rings. The van der Waals surface area contributed by atoms with Gasteiger partial charge in [-0.2, -0.15) is 4.31 Å². The summed E-state index contributed by atoms with van der Waals surface area (Å²) in [4.78, 5) is 12.7. The Hall–Kier alpha value is -1.44. The molecule has 0 spiro atoms. The first-order chi connectivity index (χ1) is 12.0. The monoisotopic (exact) mass is 366 g/mol. The summed E-state index contributed by atoms with van der Waals surface area (Å²) in [6.07, 6.45) is 4.52. The maximum absolute atomic E-state index is 12.6. The molecule has 1 aromatic carbocycles. The third kappa shape index (κ3) is 4.22. The van der Waals surface area contributed by atoms with E-state index < -0.39 is 10.0 Å². The van der Waals surface area contributed by atoms with E-state index in [1.807, 2.05) is 0 Å². The van der Waals surface area contributed by atoms with Crippen molar-refractivity contribution in [3.63, 3.8) is 0 Å². The minimum absolute atomic E-state index is 0.130. The van der Waals surface area contributed by atoms with Crippen LogP contribution >= 0.6 is 0 Å². The van der Waals surface area contributed by atoms with Gasteiger partial charge in [-0.15, -0.1) is 0 Å². The molecule has 1 heterocycles. The van der Waals surface area contributed by atoms with Crippen LogP contribution in [0, 0.1) is 5.92 Å². The highest BCUT2D eigenvalue weighted by molar-refractivity contribution is 7.89. The average Bonchev–Trinajstić information content (AvgIpc) is 2.64. The van der Waals surface area contributed by atoms with Crippen molar-refractivity contribution in [1.29, 1.82) is 0 Å². The molecule has 1 aliphatic heterocycles. The molecule has 1 saturated carbocycles. The van der Waals surface area contributed by atoms with Gasteiger partial charge in [0.2, 0.25) is 10.0 Å². The number of amides is 1. The minimum atomic E-state index is -3.52. The number of nitrogens with one attached hydrogen (secondary N) is 1. The number of sulfonamides is 1. The van der Waals surface area contributed by atoms with Crippen molar-refractivity contribution in [1.82, 2.24) is 9.62 Å². The molecule has 7 heteroatoms. The van der Waals surface area contributed by atoms with Gasteiger partial charge in [-0.3, -0.25) is 4.79 Å². The van der Waals surface area contributed by atoms with E-state index in [-0.39, 0.29) is 16.8 Å². The van der Waals surface area contributed by atoms with Crippen LogP contribution in [-0.4, -0.2) is 51.0 Å². The standard InChI is InChI=1S/C18H26N2O4S/c1-14-4-2-3-5-17(14)19-18(21)15-6-8-16(9-7-15)25(22,23)20-10-12-24-13-11-20/h6-9,14,17H,2-5,10-13H2,1H3,(H,19,21)/t14-,17+/m0/s1. The summed E-state index contributed by atoms with van der Waals surface area (Å²) in [5.74, 6) is 0.354. The van der Waals surface area contributed by atoms with Gasteiger partial charge in [-0.05, 0) is 43.0 Å². The Balaban J connectivity index is 1.68. The topological polar surface area (TPSA) is 75.7 Å². The van der Waals surface area contributed by atoms with E-state index in [9.17, 15) is 13.2 Å². The van der Waals surface area contributed by atoms with Gasteiger partial charge in [0.1, 0.15) is 0 Å². The van der Waals surface area contributed by atoms with Crippen LogP contribution in [0.2, 0.25) is 0 Å². The average molecular weight is 366 g/mol. The zero-order valence-corrected chi connectivity index (χ0v) is 15.4. The molecule has 2 atom stereocenters. The zero-order chi connectivity index (χ0) is 17.9. The molecule has 138 valence electrons. The van der Waals surface area contributed by atoms with E-state index in [2.05, 4.69) is 12.2 Å². The van der Waals surface area contributed by atoms with Gasteiger partial charge in [-0.25, -0.2) is 8.42 Å². The van der Waals surface area contributed by atoms with E-state index >= 15 is 0 Å². The van der Waals surface area contributed by atoms with Crippen LogP contribution in [-0.2, 0) is 14.8 Å². The molecular weight excluding hydrogens is 340 g/mol. The summed E-state index contributed by atoms with van der Waals surface area (Å²) in [6.45, 7) is 3.73. The van der Waals surface area contributed by atoms with Gasteiger partial charge in [0.05, 0.1) is 18.1 Å². The first-order valence-electron chi connectivity index (χ1n) is 8.97. The lowest BCUT2D eigenvalue weighted by molar-refractivity contribution is 0.0730. The fourth-order valence-corrected chi connectivity index (χ4v) is 4.90. The van der Waals surface area contributed by atoms with E-state index in [1.54, 1.807) is 12.1 Å². The highest BCUT2D eigenvalue weighted by Gasteiger charge is 2.27. The fraction of sp³-hybridized carbons (Fsp3) is 0.611. The largest absolute Gasteiger partial charge is 0.379 e. The van der Waals surface area contributed by atoms with Crippen molar-refractivity contribution < 1.29 is 17.9 Å². The summed E-state index contributed by atoms with van der Waals surface area (Å²) >= 11 is 0. The minimum Gasteiger partial charge on any atom is -0.379 e. The number of hydrogen-bond acceptors (Lipinski definition) is 4. The molecule has 1 N–H and O–H groups in total. The number of rotatable bonds is 4. The molecule has 0 aromatic heterocycles. The van der Waals surface area contributed by atoms with Crippen LogP contribution in [0.25, 0.3) is 0 Å². The zero-order valence-electron chi connectivity index (χ0n) is 14.6. The SMILES string of the molecule is C[C@H]1CCCC[C@H]1NC(=O)c1ccc(S(=O)(=O)N2CCOCC2)cc1. The number of ether oxygens (including phenoxy) is 1. The van der Waals surface area contributed by atoms with Gasteiger partial charge in [0.25, 0.3) is 5.91 Å². The van der Waals surface area contributed by atoms with Crippen molar-refractivity contribution in [3.05, 3.63) is 29.8 Å². The Morgan fingerprint density at radius 1 is 1.12 bits per heavy atom. The normalized spacial score (nSPS) is 25.5. The lowest BCUT2D eigenvalue weighted by atomic mass is 9.86.